The standard InChI is InChI=1S/C17H19NO3.C6H11NO2.C2H6/c1-4-14(19)15-12-9-11(20-2)7-8-13(12)18-16(10-5-6-10)17(15)21-3;1-9-6(8)5-3-2-4-7-5;1-2/h7-10H,4-6H2,1-3H3;5,7H,2-4H2,1H3;1-2H3/t;5-;/m.0./s1. The second-order valence-electron chi connectivity index (χ2n) is 7.51. The molecule has 1 N–H and O–H groups in total. The maximum Gasteiger partial charge on any atom is 0.322 e. The van der Waals surface area contributed by atoms with E-state index in [4.69, 9.17) is 14.5 Å². The minimum absolute atomic E-state index is 0.0324. The number of benzene rings is 1. The summed E-state index contributed by atoms with van der Waals surface area (Å²) in [5.74, 6) is 1.73. The molecule has 32 heavy (non-hydrogen) atoms. The molecule has 1 atom stereocenters. The molecule has 0 radical (unpaired) electrons. The van der Waals surface area contributed by atoms with Crippen molar-refractivity contribution in [2.75, 3.05) is 27.9 Å². The quantitative estimate of drug-likeness (QED) is 0.512. The second kappa shape index (κ2) is 12.4. The minimum Gasteiger partial charge on any atom is -0.497 e. The van der Waals surface area contributed by atoms with Crippen molar-refractivity contribution in [1.82, 2.24) is 10.3 Å². The largest absolute Gasteiger partial charge is 0.497 e. The molecule has 4 rings (SSSR count). The van der Waals surface area contributed by atoms with E-state index in [0.29, 0.717) is 23.7 Å². The van der Waals surface area contributed by atoms with Crippen LogP contribution in [0, 0.1) is 0 Å². The molecule has 0 amide bonds. The summed E-state index contributed by atoms with van der Waals surface area (Å²) in [7, 11) is 4.65. The number of hydrogen-bond acceptors (Lipinski definition) is 7. The summed E-state index contributed by atoms with van der Waals surface area (Å²) < 4.78 is 15.4. The first-order valence-corrected chi connectivity index (χ1v) is 11.4. The minimum atomic E-state index is -0.132. The number of pyridine rings is 1. The van der Waals surface area contributed by atoms with Gasteiger partial charge in [-0.2, -0.15) is 0 Å². The number of carbonyl (C=O) groups excluding carboxylic acids is 2. The fraction of sp³-hybridized carbons (Fsp3) is 0.560. The molecule has 7 nitrogen and oxygen atoms in total. The van der Waals surface area contributed by atoms with Crippen molar-refractivity contribution in [3.05, 3.63) is 29.5 Å². The summed E-state index contributed by atoms with van der Waals surface area (Å²) in [6, 6.07) is 5.62. The van der Waals surface area contributed by atoms with E-state index in [1.807, 2.05) is 39.0 Å². The predicted molar refractivity (Wildman–Crippen MR) is 126 cm³/mol. The van der Waals surface area contributed by atoms with Gasteiger partial charge < -0.3 is 19.5 Å². The highest BCUT2D eigenvalue weighted by atomic mass is 16.5. The van der Waals surface area contributed by atoms with Crippen LogP contribution < -0.4 is 14.8 Å². The highest BCUT2D eigenvalue weighted by Crippen LogP contribution is 2.46. The predicted octanol–water partition coefficient (Wildman–Crippen LogP) is 4.66. The Bertz CT molecular complexity index is 918. The summed E-state index contributed by atoms with van der Waals surface area (Å²) in [6.07, 6.45) is 4.68. The van der Waals surface area contributed by atoms with Crippen molar-refractivity contribution in [1.29, 1.82) is 0 Å². The van der Waals surface area contributed by atoms with Crippen molar-refractivity contribution >= 4 is 22.7 Å². The summed E-state index contributed by atoms with van der Waals surface area (Å²) in [6.45, 7) is 6.81. The lowest BCUT2D eigenvalue weighted by Crippen LogP contribution is -2.31. The van der Waals surface area contributed by atoms with Crippen molar-refractivity contribution < 1.29 is 23.8 Å². The Labute approximate surface area is 190 Å². The number of rotatable bonds is 6. The molecule has 1 saturated carbocycles. The second-order valence-corrected chi connectivity index (χ2v) is 7.51. The van der Waals surface area contributed by atoms with E-state index in [9.17, 15) is 9.59 Å². The third-order valence-electron chi connectivity index (χ3n) is 5.49. The Morgan fingerprint density at radius 3 is 2.31 bits per heavy atom. The van der Waals surface area contributed by atoms with E-state index in [-0.39, 0.29) is 17.8 Å². The van der Waals surface area contributed by atoms with Gasteiger partial charge in [-0.25, -0.2) is 4.98 Å². The molecule has 1 aromatic carbocycles. The van der Waals surface area contributed by atoms with Gasteiger partial charge in [0.2, 0.25) is 0 Å². The van der Waals surface area contributed by atoms with Gasteiger partial charge in [0.25, 0.3) is 0 Å². The van der Waals surface area contributed by atoms with E-state index in [1.165, 1.54) is 7.11 Å². The fourth-order valence-electron chi connectivity index (χ4n) is 3.69. The number of Topliss-reactive ketones (excluding diaryl/α,β-unsaturated/α-hetero) is 1. The van der Waals surface area contributed by atoms with Crippen molar-refractivity contribution in [3.8, 4) is 11.5 Å². The zero-order valence-corrected chi connectivity index (χ0v) is 20.1. The zero-order chi connectivity index (χ0) is 23.7. The van der Waals surface area contributed by atoms with Gasteiger partial charge in [0.15, 0.2) is 11.5 Å². The first-order chi connectivity index (χ1) is 15.5. The molecule has 176 valence electrons. The number of ether oxygens (including phenoxy) is 3. The summed E-state index contributed by atoms with van der Waals surface area (Å²) in [5, 5.41) is 3.84. The molecule has 2 aromatic rings. The van der Waals surface area contributed by atoms with E-state index in [0.717, 1.165) is 54.6 Å². The maximum absolute atomic E-state index is 12.5. The van der Waals surface area contributed by atoms with Crippen LogP contribution in [-0.4, -0.2) is 50.7 Å². The van der Waals surface area contributed by atoms with Crippen LogP contribution in [0.15, 0.2) is 18.2 Å². The lowest BCUT2D eigenvalue weighted by Gasteiger charge is -2.15. The number of nitrogens with zero attached hydrogens (tertiary/aromatic N) is 1. The van der Waals surface area contributed by atoms with Gasteiger partial charge in [-0.3, -0.25) is 9.59 Å². The molecule has 0 spiro atoms. The summed E-state index contributed by atoms with van der Waals surface area (Å²) >= 11 is 0. The summed E-state index contributed by atoms with van der Waals surface area (Å²) in [5.41, 5.74) is 2.40. The normalized spacial score (nSPS) is 16.9. The molecule has 2 fully saturated rings. The highest BCUT2D eigenvalue weighted by Gasteiger charge is 2.32. The van der Waals surface area contributed by atoms with Gasteiger partial charge in [-0.05, 0) is 50.4 Å². The molecule has 1 saturated heterocycles. The van der Waals surface area contributed by atoms with Crippen molar-refractivity contribution in [2.24, 2.45) is 0 Å². The number of fused-ring (bicyclic) bond motifs is 1. The lowest BCUT2D eigenvalue weighted by molar-refractivity contribution is -0.142. The van der Waals surface area contributed by atoms with Crippen LogP contribution in [0.4, 0.5) is 0 Å². The van der Waals surface area contributed by atoms with Crippen LogP contribution in [0.2, 0.25) is 0 Å². The van der Waals surface area contributed by atoms with E-state index in [2.05, 4.69) is 10.1 Å². The van der Waals surface area contributed by atoms with Crippen LogP contribution in [0.5, 0.6) is 11.5 Å². The van der Waals surface area contributed by atoms with Crippen LogP contribution in [-0.2, 0) is 9.53 Å². The van der Waals surface area contributed by atoms with Gasteiger partial charge in [0.05, 0.1) is 38.1 Å². The van der Waals surface area contributed by atoms with Gasteiger partial charge in [0, 0.05) is 17.7 Å². The Morgan fingerprint density at radius 2 is 1.81 bits per heavy atom. The molecule has 1 aliphatic carbocycles. The number of methoxy groups -OCH3 is 3. The average Bonchev–Trinajstić information content (AvgIpc) is 3.55. The molecule has 7 heteroatoms. The Hall–Kier alpha value is -2.67. The number of aromatic nitrogens is 1. The average molecular weight is 445 g/mol. The van der Waals surface area contributed by atoms with Crippen molar-refractivity contribution in [3.63, 3.8) is 0 Å². The van der Waals surface area contributed by atoms with Gasteiger partial charge in [-0.15, -0.1) is 0 Å². The third-order valence-corrected chi connectivity index (χ3v) is 5.49. The molecule has 1 aliphatic heterocycles. The molecular formula is C25H36N2O5. The van der Waals surface area contributed by atoms with Crippen LogP contribution >= 0.6 is 0 Å². The maximum atomic E-state index is 12.5. The van der Waals surface area contributed by atoms with Crippen LogP contribution in [0.25, 0.3) is 10.9 Å². The zero-order valence-electron chi connectivity index (χ0n) is 20.1. The number of nitrogens with one attached hydrogen (secondary N) is 1. The van der Waals surface area contributed by atoms with Crippen LogP contribution in [0.1, 0.15) is 74.8 Å². The first-order valence-electron chi connectivity index (χ1n) is 11.4. The summed E-state index contributed by atoms with van der Waals surface area (Å²) in [4.78, 5) is 27.9. The molecular weight excluding hydrogens is 408 g/mol. The van der Waals surface area contributed by atoms with E-state index >= 15 is 0 Å². The van der Waals surface area contributed by atoms with Gasteiger partial charge in [0.1, 0.15) is 11.8 Å². The monoisotopic (exact) mass is 444 g/mol. The Kier molecular flexibility index (Phi) is 9.91. The SMILES string of the molecule is CC.CCC(=O)c1c(OC)c(C2CC2)nc2ccc(OC)cc12.COC(=O)[C@@H]1CCCN1. The first kappa shape index (κ1) is 25.6. The van der Waals surface area contributed by atoms with Crippen LogP contribution in [0.3, 0.4) is 0 Å². The Balaban J connectivity index is 0.000000277. The highest BCUT2D eigenvalue weighted by molar-refractivity contribution is 6.10. The fourth-order valence-corrected chi connectivity index (χ4v) is 3.69. The molecule has 2 heterocycles. The molecule has 0 bridgehead atoms. The smallest absolute Gasteiger partial charge is 0.322 e. The van der Waals surface area contributed by atoms with E-state index in [1.54, 1.807) is 14.2 Å². The molecule has 1 aromatic heterocycles. The van der Waals surface area contributed by atoms with Gasteiger partial charge >= 0.3 is 5.97 Å². The molecule has 0 unspecified atom stereocenters. The van der Waals surface area contributed by atoms with Gasteiger partial charge in [-0.1, -0.05) is 20.8 Å². The molecule has 2 aliphatic rings. The third kappa shape index (κ3) is 5.97. The number of ketones is 1. The lowest BCUT2D eigenvalue weighted by atomic mass is 9.99. The van der Waals surface area contributed by atoms with E-state index < -0.39 is 0 Å². The number of carbonyl (C=O) groups is 2. The topological polar surface area (TPSA) is 86.8 Å². The van der Waals surface area contributed by atoms with Crippen molar-refractivity contribution in [2.45, 2.75) is 64.8 Å². The Morgan fingerprint density at radius 1 is 1.09 bits per heavy atom. The number of esters is 1. The number of hydrogen-bond donors (Lipinski definition) is 1.